The van der Waals surface area contributed by atoms with Crippen molar-refractivity contribution in [3.8, 4) is 0 Å². The molecule has 6 nitrogen and oxygen atoms in total. The number of piperidine rings is 1. The zero-order valence-corrected chi connectivity index (χ0v) is 19.2. The van der Waals surface area contributed by atoms with E-state index < -0.39 is 10.0 Å². The van der Waals surface area contributed by atoms with Gasteiger partial charge in [-0.25, -0.2) is 13.4 Å². The van der Waals surface area contributed by atoms with Gasteiger partial charge in [-0.3, -0.25) is 10.1 Å². The Kier molecular flexibility index (Phi) is 6.05. The topological polar surface area (TPSA) is 79.4 Å². The minimum absolute atomic E-state index is 0.190. The van der Waals surface area contributed by atoms with Gasteiger partial charge in [-0.2, -0.15) is 4.31 Å². The van der Waals surface area contributed by atoms with Gasteiger partial charge in [0.05, 0.1) is 19.6 Å². The summed E-state index contributed by atoms with van der Waals surface area (Å²) in [6.45, 7) is 3.18. The Morgan fingerprint density at radius 2 is 1.80 bits per heavy atom. The minimum atomic E-state index is -3.55. The van der Waals surface area contributed by atoms with Gasteiger partial charge in [0.2, 0.25) is 10.0 Å². The lowest BCUT2D eigenvalue weighted by Gasteiger charge is -2.29. The van der Waals surface area contributed by atoms with E-state index in [0.717, 1.165) is 17.5 Å². The lowest BCUT2D eigenvalue weighted by atomic mass is 10.0. The van der Waals surface area contributed by atoms with Gasteiger partial charge in [-0.05, 0) is 55.2 Å². The van der Waals surface area contributed by atoms with Gasteiger partial charge >= 0.3 is 0 Å². The van der Waals surface area contributed by atoms with Crippen LogP contribution in [0.2, 0.25) is 10.0 Å². The van der Waals surface area contributed by atoms with Crippen molar-refractivity contribution in [3.05, 3.63) is 52.0 Å². The van der Waals surface area contributed by atoms with Gasteiger partial charge in [0.15, 0.2) is 5.13 Å². The van der Waals surface area contributed by atoms with Gasteiger partial charge in [0.1, 0.15) is 5.52 Å². The largest absolute Gasteiger partial charge is 0.298 e. The number of carbonyl (C=O) groups excluding carboxylic acids is 1. The number of nitrogens with one attached hydrogen (secondary N) is 1. The predicted molar refractivity (Wildman–Crippen MR) is 121 cm³/mol. The highest BCUT2D eigenvalue weighted by Gasteiger charge is 2.28. The second-order valence-electron chi connectivity index (χ2n) is 7.29. The number of carbonyl (C=O) groups is 1. The molecule has 0 atom stereocenters. The Morgan fingerprint density at radius 1 is 1.13 bits per heavy atom. The normalized spacial score (nSPS) is 16.1. The average molecular weight is 484 g/mol. The molecule has 10 heteroatoms. The molecule has 1 fully saturated rings. The van der Waals surface area contributed by atoms with E-state index in [9.17, 15) is 13.2 Å². The number of benzene rings is 2. The fourth-order valence-corrected chi connectivity index (χ4v) is 6.07. The van der Waals surface area contributed by atoms with E-state index in [-0.39, 0.29) is 10.8 Å². The molecule has 3 aromatic rings. The lowest BCUT2D eigenvalue weighted by Crippen LogP contribution is -2.37. The maximum absolute atomic E-state index is 12.8. The molecule has 0 radical (unpaired) electrons. The van der Waals surface area contributed by atoms with Crippen molar-refractivity contribution in [1.29, 1.82) is 0 Å². The smallest absolute Gasteiger partial charge is 0.257 e. The molecule has 0 bridgehead atoms. The molecule has 1 aliphatic heterocycles. The number of nitrogens with zero attached hydrogens (tertiary/aromatic N) is 2. The van der Waals surface area contributed by atoms with Crippen LogP contribution in [0.15, 0.2) is 41.3 Å². The van der Waals surface area contributed by atoms with Gasteiger partial charge < -0.3 is 0 Å². The number of sulfonamides is 1. The number of amides is 1. The molecule has 1 aliphatic rings. The quantitative estimate of drug-likeness (QED) is 0.547. The number of anilines is 1. The number of hydrogen-bond donors (Lipinski definition) is 1. The van der Waals surface area contributed by atoms with Crippen molar-refractivity contribution in [2.45, 2.75) is 24.7 Å². The average Bonchev–Trinajstić information content (AvgIpc) is 3.14. The lowest BCUT2D eigenvalue weighted by molar-refractivity contribution is 0.102. The van der Waals surface area contributed by atoms with Crippen molar-refractivity contribution in [1.82, 2.24) is 9.29 Å². The first-order valence-electron chi connectivity index (χ1n) is 9.42. The van der Waals surface area contributed by atoms with Crippen molar-refractivity contribution in [2.24, 2.45) is 5.92 Å². The summed E-state index contributed by atoms with van der Waals surface area (Å²) in [5, 5.41) is 3.85. The zero-order chi connectivity index (χ0) is 21.5. The Labute approximate surface area is 188 Å². The SMILES string of the molecule is CC1CCN(S(=O)(=O)c2ccc(C(=O)Nc3nc4c(Cl)c(Cl)ccc4s3)cc2)CC1. The summed E-state index contributed by atoms with van der Waals surface area (Å²) < 4.78 is 28.0. The third-order valence-corrected chi connectivity index (χ3v) is 8.81. The first-order chi connectivity index (χ1) is 14.3. The molecule has 1 amide bonds. The molecule has 0 aliphatic carbocycles. The number of halogens is 2. The second kappa shape index (κ2) is 8.43. The number of aromatic nitrogens is 1. The van der Waals surface area contributed by atoms with Crippen LogP contribution in [0.5, 0.6) is 0 Å². The highest BCUT2D eigenvalue weighted by Crippen LogP contribution is 2.35. The summed E-state index contributed by atoms with van der Waals surface area (Å²) in [6, 6.07) is 9.42. The molecule has 1 aromatic heterocycles. The number of rotatable bonds is 4. The first-order valence-corrected chi connectivity index (χ1v) is 12.4. The van der Waals surface area contributed by atoms with Gasteiger partial charge in [-0.1, -0.05) is 41.5 Å². The van der Waals surface area contributed by atoms with Crippen LogP contribution in [0.3, 0.4) is 0 Å². The van der Waals surface area contributed by atoms with Crippen LogP contribution in [-0.4, -0.2) is 36.7 Å². The molecular formula is C20H19Cl2N3O3S2. The molecule has 0 spiro atoms. The third-order valence-electron chi connectivity index (χ3n) is 5.17. The van der Waals surface area contributed by atoms with Crippen molar-refractivity contribution < 1.29 is 13.2 Å². The van der Waals surface area contributed by atoms with E-state index in [1.807, 2.05) is 0 Å². The van der Waals surface area contributed by atoms with Crippen LogP contribution in [0.1, 0.15) is 30.1 Å². The standard InChI is InChI=1S/C20H19Cl2N3O3S2/c1-12-8-10-25(11-9-12)30(27,28)14-4-2-13(3-5-14)19(26)24-20-23-18-16(29-20)7-6-15(21)17(18)22/h2-7,12H,8-11H2,1H3,(H,23,24,26). The Bertz CT molecular complexity index is 1200. The molecule has 1 saturated heterocycles. The van der Waals surface area contributed by atoms with E-state index in [1.165, 1.54) is 39.9 Å². The summed E-state index contributed by atoms with van der Waals surface area (Å²) >= 11 is 13.5. The van der Waals surface area contributed by atoms with Crippen LogP contribution in [0.25, 0.3) is 10.2 Å². The highest BCUT2D eigenvalue weighted by atomic mass is 35.5. The molecule has 2 heterocycles. The summed E-state index contributed by atoms with van der Waals surface area (Å²) in [4.78, 5) is 17.1. The maximum atomic E-state index is 12.8. The fourth-order valence-electron chi connectivity index (χ4n) is 3.31. The summed E-state index contributed by atoms with van der Waals surface area (Å²) in [5.74, 6) is 0.156. The molecule has 30 heavy (non-hydrogen) atoms. The fraction of sp³-hybridized carbons (Fsp3) is 0.300. The Morgan fingerprint density at radius 3 is 2.47 bits per heavy atom. The minimum Gasteiger partial charge on any atom is -0.298 e. The maximum Gasteiger partial charge on any atom is 0.257 e. The van der Waals surface area contributed by atoms with Crippen LogP contribution < -0.4 is 5.32 Å². The van der Waals surface area contributed by atoms with Crippen LogP contribution in [0.4, 0.5) is 5.13 Å². The number of fused-ring (bicyclic) bond motifs is 1. The van der Waals surface area contributed by atoms with Crippen molar-refractivity contribution in [2.75, 3.05) is 18.4 Å². The van der Waals surface area contributed by atoms with Crippen molar-refractivity contribution >= 4 is 65.8 Å². The molecule has 2 aromatic carbocycles. The molecule has 1 N–H and O–H groups in total. The number of hydrogen-bond acceptors (Lipinski definition) is 5. The zero-order valence-electron chi connectivity index (χ0n) is 16.1. The van der Waals surface area contributed by atoms with E-state index in [0.29, 0.717) is 45.3 Å². The predicted octanol–water partition coefficient (Wildman–Crippen LogP) is 5.28. The van der Waals surface area contributed by atoms with E-state index >= 15 is 0 Å². The van der Waals surface area contributed by atoms with Crippen LogP contribution in [-0.2, 0) is 10.0 Å². The van der Waals surface area contributed by atoms with Crippen LogP contribution >= 0.6 is 34.5 Å². The number of thiazole rings is 1. The molecule has 158 valence electrons. The van der Waals surface area contributed by atoms with Gasteiger partial charge in [0.25, 0.3) is 5.91 Å². The molecular weight excluding hydrogens is 465 g/mol. The van der Waals surface area contributed by atoms with Gasteiger partial charge in [-0.15, -0.1) is 0 Å². The molecule has 0 unspecified atom stereocenters. The molecule has 0 saturated carbocycles. The Hall–Kier alpha value is -1.71. The second-order valence-corrected chi connectivity index (χ2v) is 11.0. The highest BCUT2D eigenvalue weighted by molar-refractivity contribution is 7.89. The Balaban J connectivity index is 1.50. The molecule has 4 rings (SSSR count). The van der Waals surface area contributed by atoms with Crippen molar-refractivity contribution in [3.63, 3.8) is 0 Å². The summed E-state index contributed by atoms with van der Waals surface area (Å²) in [5.41, 5.74) is 0.867. The van der Waals surface area contributed by atoms with E-state index in [4.69, 9.17) is 23.2 Å². The first kappa shape index (κ1) is 21.5. The summed E-state index contributed by atoms with van der Waals surface area (Å²) in [6.07, 6.45) is 1.72. The van der Waals surface area contributed by atoms with Gasteiger partial charge in [0, 0.05) is 18.7 Å². The van der Waals surface area contributed by atoms with E-state index in [1.54, 1.807) is 12.1 Å². The van der Waals surface area contributed by atoms with E-state index in [2.05, 4.69) is 17.2 Å². The third kappa shape index (κ3) is 4.20. The monoisotopic (exact) mass is 483 g/mol. The summed E-state index contributed by atoms with van der Waals surface area (Å²) in [7, 11) is -3.55. The van der Waals surface area contributed by atoms with Crippen LogP contribution in [0, 0.1) is 5.92 Å².